The molecule has 2 aromatic rings. The maximum atomic E-state index is 13.1. The van der Waals surface area contributed by atoms with Gasteiger partial charge in [0, 0.05) is 24.6 Å². The predicted octanol–water partition coefficient (Wildman–Crippen LogP) is 2.87. The molecule has 0 N–H and O–H groups in total. The third-order valence-corrected chi connectivity index (χ3v) is 3.70. The number of nitrogens with zero attached hydrogens (tertiary/aromatic N) is 1. The van der Waals surface area contributed by atoms with E-state index in [-0.39, 0.29) is 30.1 Å². The van der Waals surface area contributed by atoms with Crippen molar-refractivity contribution in [1.82, 2.24) is 4.90 Å². The zero-order valence-corrected chi connectivity index (χ0v) is 11.7. The van der Waals surface area contributed by atoms with Gasteiger partial charge in [-0.1, -0.05) is 12.1 Å². The fourth-order valence-corrected chi connectivity index (χ4v) is 2.57. The van der Waals surface area contributed by atoms with Crippen molar-refractivity contribution in [3.63, 3.8) is 0 Å². The molecule has 2 heterocycles. The molecule has 4 nitrogen and oxygen atoms in total. The molecule has 22 heavy (non-hydrogen) atoms. The lowest BCUT2D eigenvalue weighted by molar-refractivity contribution is -0.136. The maximum absolute atomic E-state index is 13.1. The average molecular weight is 299 g/mol. The van der Waals surface area contributed by atoms with Crippen LogP contribution in [0.3, 0.4) is 0 Å². The summed E-state index contributed by atoms with van der Waals surface area (Å²) in [6.07, 6.45) is 4.61. The summed E-state index contributed by atoms with van der Waals surface area (Å²) in [4.78, 5) is 24.4. The lowest BCUT2D eigenvalue weighted by Crippen LogP contribution is -2.31. The third kappa shape index (κ3) is 2.83. The van der Waals surface area contributed by atoms with Gasteiger partial charge in [0.1, 0.15) is 11.6 Å². The van der Waals surface area contributed by atoms with Crippen molar-refractivity contribution in [3.8, 4) is 0 Å². The maximum Gasteiger partial charge on any atom is 0.253 e. The van der Waals surface area contributed by atoms with Gasteiger partial charge in [0.2, 0.25) is 0 Å². The van der Waals surface area contributed by atoms with Gasteiger partial charge in [-0.3, -0.25) is 14.5 Å². The molecule has 0 saturated heterocycles. The van der Waals surface area contributed by atoms with E-state index in [4.69, 9.17) is 4.42 Å². The molecule has 112 valence electrons. The monoisotopic (exact) mass is 299 g/mol. The van der Waals surface area contributed by atoms with Crippen LogP contribution in [0, 0.1) is 5.82 Å². The number of hydrogen-bond donors (Lipinski definition) is 0. The fraction of sp³-hybridized carbons (Fsp3) is 0.176. The van der Waals surface area contributed by atoms with E-state index in [1.54, 1.807) is 24.5 Å². The Hall–Kier alpha value is -2.69. The summed E-state index contributed by atoms with van der Waals surface area (Å²) in [6, 6.07) is 9.76. The Bertz CT molecular complexity index is 686. The molecule has 0 radical (unpaired) electrons. The zero-order valence-electron chi connectivity index (χ0n) is 11.7. The number of carbonyl (C=O) groups excluding carboxylic acids is 2. The van der Waals surface area contributed by atoms with E-state index in [0.29, 0.717) is 6.42 Å². The van der Waals surface area contributed by atoms with E-state index < -0.39 is 0 Å². The molecular weight excluding hydrogens is 285 g/mol. The number of halogens is 1. The lowest BCUT2D eigenvalue weighted by Gasteiger charge is -2.19. The van der Waals surface area contributed by atoms with Crippen LogP contribution >= 0.6 is 0 Å². The van der Waals surface area contributed by atoms with Gasteiger partial charge in [0.05, 0.1) is 6.26 Å². The molecule has 0 spiro atoms. The minimum absolute atomic E-state index is 0.142. The van der Waals surface area contributed by atoms with E-state index in [0.717, 1.165) is 11.3 Å². The molecule has 0 saturated carbocycles. The van der Waals surface area contributed by atoms with Crippen molar-refractivity contribution in [2.75, 3.05) is 6.54 Å². The van der Waals surface area contributed by atoms with Crippen molar-refractivity contribution in [1.29, 1.82) is 0 Å². The second kappa shape index (κ2) is 5.97. The predicted molar refractivity (Wildman–Crippen MR) is 77.4 cm³/mol. The van der Waals surface area contributed by atoms with Crippen LogP contribution in [0.25, 0.3) is 0 Å². The van der Waals surface area contributed by atoms with E-state index in [9.17, 15) is 14.0 Å². The number of benzene rings is 1. The smallest absolute Gasteiger partial charge is 0.253 e. The lowest BCUT2D eigenvalue weighted by atomic mass is 9.93. The van der Waals surface area contributed by atoms with Crippen molar-refractivity contribution in [2.24, 2.45) is 0 Å². The first-order valence-corrected chi connectivity index (χ1v) is 6.97. The van der Waals surface area contributed by atoms with E-state index in [1.807, 2.05) is 6.07 Å². The highest BCUT2D eigenvalue weighted by molar-refractivity contribution is 6.12. The molecular formula is C17H14FNO3. The molecule has 2 amide bonds. The summed E-state index contributed by atoms with van der Waals surface area (Å²) in [6.45, 7) is 0.285. The summed E-state index contributed by atoms with van der Waals surface area (Å²) in [5, 5.41) is 0. The minimum Gasteiger partial charge on any atom is -0.469 e. The molecule has 1 aromatic carbocycles. The normalized spacial score (nSPS) is 15.6. The van der Waals surface area contributed by atoms with E-state index >= 15 is 0 Å². The van der Waals surface area contributed by atoms with Gasteiger partial charge >= 0.3 is 0 Å². The van der Waals surface area contributed by atoms with Crippen molar-refractivity contribution >= 4 is 11.8 Å². The molecule has 0 bridgehead atoms. The Morgan fingerprint density at radius 3 is 2.32 bits per heavy atom. The molecule has 0 fully saturated rings. The molecule has 3 rings (SSSR count). The molecule has 5 heteroatoms. The van der Waals surface area contributed by atoms with Gasteiger partial charge in [-0.05, 0) is 36.2 Å². The largest absolute Gasteiger partial charge is 0.469 e. The van der Waals surface area contributed by atoms with Crippen molar-refractivity contribution in [2.45, 2.75) is 12.3 Å². The molecule has 1 aromatic heterocycles. The highest BCUT2D eigenvalue weighted by Gasteiger charge is 2.25. The van der Waals surface area contributed by atoms with Crippen LogP contribution in [0.15, 0.2) is 59.2 Å². The summed E-state index contributed by atoms with van der Waals surface area (Å²) >= 11 is 0. The second-order valence-electron chi connectivity index (χ2n) is 5.07. The highest BCUT2D eigenvalue weighted by atomic mass is 19.1. The van der Waals surface area contributed by atoms with E-state index in [2.05, 4.69) is 0 Å². The Balaban J connectivity index is 1.79. The number of furan rings is 1. The fourth-order valence-electron chi connectivity index (χ4n) is 2.57. The average Bonchev–Trinajstić information content (AvgIpc) is 3.14. The number of hydrogen-bond acceptors (Lipinski definition) is 3. The van der Waals surface area contributed by atoms with Crippen molar-refractivity contribution < 1.29 is 18.4 Å². The highest BCUT2D eigenvalue weighted by Crippen LogP contribution is 2.29. The SMILES string of the molecule is O=C1C=CC(=O)N1CCC(c1ccc(F)cc1)c1ccco1. The molecule has 1 atom stereocenters. The Labute approximate surface area is 126 Å². The van der Waals surface area contributed by atoms with Gasteiger partial charge in [-0.15, -0.1) is 0 Å². The van der Waals surface area contributed by atoms with Crippen LogP contribution < -0.4 is 0 Å². The Morgan fingerprint density at radius 2 is 1.73 bits per heavy atom. The molecule has 1 unspecified atom stereocenters. The topological polar surface area (TPSA) is 50.5 Å². The first-order valence-electron chi connectivity index (χ1n) is 6.97. The summed E-state index contributed by atoms with van der Waals surface area (Å²) in [5.41, 5.74) is 0.878. The third-order valence-electron chi connectivity index (χ3n) is 3.70. The van der Waals surface area contributed by atoms with Crippen LogP contribution in [-0.4, -0.2) is 23.3 Å². The van der Waals surface area contributed by atoms with Crippen LogP contribution in [0.1, 0.15) is 23.7 Å². The number of amides is 2. The Morgan fingerprint density at radius 1 is 1.05 bits per heavy atom. The Kier molecular flexibility index (Phi) is 3.87. The van der Waals surface area contributed by atoms with E-state index in [1.165, 1.54) is 29.2 Å². The van der Waals surface area contributed by atoms with Crippen LogP contribution in [-0.2, 0) is 9.59 Å². The number of imide groups is 1. The molecule has 0 aliphatic carbocycles. The summed E-state index contributed by atoms with van der Waals surface area (Å²) in [5.74, 6) is -0.337. The number of carbonyl (C=O) groups is 2. The van der Waals surface area contributed by atoms with Crippen molar-refractivity contribution in [3.05, 3.63) is 72.0 Å². The first kappa shape index (κ1) is 14.3. The van der Waals surface area contributed by atoms with Gasteiger partial charge in [0.25, 0.3) is 11.8 Å². The summed E-state index contributed by atoms with van der Waals surface area (Å²) in [7, 11) is 0. The number of rotatable bonds is 5. The zero-order chi connectivity index (χ0) is 15.5. The first-order chi connectivity index (χ1) is 10.6. The van der Waals surface area contributed by atoms with Gasteiger partial charge in [0.15, 0.2) is 0 Å². The second-order valence-corrected chi connectivity index (χ2v) is 5.07. The molecule has 1 aliphatic rings. The van der Waals surface area contributed by atoms with Gasteiger partial charge in [-0.2, -0.15) is 0 Å². The van der Waals surface area contributed by atoms with Crippen LogP contribution in [0.4, 0.5) is 4.39 Å². The van der Waals surface area contributed by atoms with Gasteiger partial charge in [-0.25, -0.2) is 4.39 Å². The van der Waals surface area contributed by atoms with Crippen LogP contribution in [0.2, 0.25) is 0 Å². The quantitative estimate of drug-likeness (QED) is 0.798. The standard InChI is InChI=1S/C17H14FNO3/c18-13-5-3-12(4-6-13)14(15-2-1-11-22-15)9-10-19-16(20)7-8-17(19)21/h1-8,11,14H,9-10H2. The van der Waals surface area contributed by atoms with Gasteiger partial charge < -0.3 is 4.42 Å². The van der Waals surface area contributed by atoms with Crippen LogP contribution in [0.5, 0.6) is 0 Å². The molecule has 1 aliphatic heterocycles. The summed E-state index contributed by atoms with van der Waals surface area (Å²) < 4.78 is 18.5. The minimum atomic E-state index is -0.309.